The van der Waals surface area contributed by atoms with E-state index in [0.29, 0.717) is 18.1 Å². The molecule has 5 rings (SSSR count). The molecule has 2 bridgehead atoms. The number of nitrogens with zero attached hydrogens (tertiary/aromatic N) is 5. The minimum Gasteiger partial charge on any atom is -0.579 e. The summed E-state index contributed by atoms with van der Waals surface area (Å²) in [6.45, 7) is 0.615. The van der Waals surface area contributed by atoms with E-state index >= 15 is 0 Å². The number of rotatable bonds is 5. The maximum Gasteiger partial charge on any atom is 0.446 e. The molecule has 1 saturated heterocycles. The van der Waals surface area contributed by atoms with E-state index < -0.39 is 23.1 Å². The van der Waals surface area contributed by atoms with E-state index in [-0.39, 0.29) is 34.0 Å². The summed E-state index contributed by atoms with van der Waals surface area (Å²) in [4.78, 5) is 12.3. The topological polar surface area (TPSA) is 151 Å². The molecule has 3 aromatic rings. The van der Waals surface area contributed by atoms with Crippen molar-refractivity contribution >= 4 is 33.3 Å². The van der Waals surface area contributed by atoms with Crippen molar-refractivity contribution in [3.05, 3.63) is 39.0 Å². The van der Waals surface area contributed by atoms with Gasteiger partial charge in [-0.2, -0.15) is 0 Å². The number of piperidine rings is 1. The minimum absolute atomic E-state index is 0.0486. The summed E-state index contributed by atoms with van der Waals surface area (Å²) in [5, 5.41) is 20.4. The highest BCUT2D eigenvalue weighted by Crippen LogP contribution is 2.40. The fourth-order valence-electron chi connectivity index (χ4n) is 4.17. The average molecular weight is 500 g/mol. The van der Waals surface area contributed by atoms with Crippen molar-refractivity contribution in [2.24, 2.45) is 11.1 Å². The van der Waals surface area contributed by atoms with Crippen LogP contribution in [-0.4, -0.2) is 47.5 Å². The molecule has 0 amide bonds. The molecule has 4 unspecified atom stereocenters. The number of anilines is 1. The Kier molecular flexibility index (Phi) is 4.89. The Morgan fingerprint density at radius 1 is 1.33 bits per heavy atom. The molecular formula is C16H15BrFN7O4S. The van der Waals surface area contributed by atoms with Gasteiger partial charge in [-0.25, -0.2) is 18.4 Å². The third kappa shape index (κ3) is 3.24. The summed E-state index contributed by atoms with van der Waals surface area (Å²) >= 11 is 1.62. The van der Waals surface area contributed by atoms with Gasteiger partial charge in [0.2, 0.25) is 11.6 Å². The van der Waals surface area contributed by atoms with Gasteiger partial charge in [-0.1, -0.05) is 5.16 Å². The van der Waals surface area contributed by atoms with Crippen molar-refractivity contribution in [3.63, 3.8) is 0 Å². The summed E-state index contributed by atoms with van der Waals surface area (Å²) in [7, 11) is 0. The van der Waals surface area contributed by atoms with E-state index in [1.54, 1.807) is 4.31 Å². The lowest BCUT2D eigenvalue weighted by atomic mass is 10.0. The summed E-state index contributed by atoms with van der Waals surface area (Å²) in [5.74, 6) is -0.636. The standard InChI is InChI=1S/C16H15BrFN7O4S/c17-10-4-8(1-2-11(10)18)25-15(23-28-16(25)26)13-14(22-29-21-13)20-12-5-9-3-7(12)6-24(9)30(19)27/h1-2,4,7,9,12H,3,5-6,19H2,(H,20,22). The fraction of sp³-hybridized carbons (Fsp3) is 0.375. The van der Waals surface area contributed by atoms with Crippen LogP contribution in [0, 0.1) is 11.7 Å². The number of nitrogens with one attached hydrogen (secondary N) is 1. The maximum absolute atomic E-state index is 13.6. The van der Waals surface area contributed by atoms with E-state index in [0.717, 1.165) is 17.4 Å². The van der Waals surface area contributed by atoms with Crippen LogP contribution in [0.4, 0.5) is 10.2 Å². The summed E-state index contributed by atoms with van der Waals surface area (Å²) in [6, 6.07) is 4.23. The van der Waals surface area contributed by atoms with Gasteiger partial charge < -0.3 is 9.87 Å². The first-order valence-electron chi connectivity index (χ1n) is 8.99. The molecule has 1 saturated carbocycles. The number of nitrogens with two attached hydrogens (primary N) is 1. The SMILES string of the molecule is N[S+]([O-])N1CC2CC1CC2Nc1nonc1-c1noc(=O)n1-c1ccc(F)c(Br)c1. The Morgan fingerprint density at radius 3 is 2.87 bits per heavy atom. The molecule has 2 aliphatic rings. The Hall–Kier alpha value is -2.26. The van der Waals surface area contributed by atoms with Crippen molar-refractivity contribution in [1.29, 1.82) is 0 Å². The number of halogens is 2. The highest BCUT2D eigenvalue weighted by Gasteiger charge is 2.49. The first kappa shape index (κ1) is 19.7. The van der Waals surface area contributed by atoms with Crippen LogP contribution in [0.5, 0.6) is 0 Å². The van der Waals surface area contributed by atoms with Crippen molar-refractivity contribution in [2.75, 3.05) is 11.9 Å². The zero-order valence-electron chi connectivity index (χ0n) is 15.2. The normalized spacial score (nSPS) is 24.5. The van der Waals surface area contributed by atoms with Crippen LogP contribution in [-0.2, 0) is 11.5 Å². The molecular weight excluding hydrogens is 485 g/mol. The largest absolute Gasteiger partial charge is 0.579 e. The fourth-order valence-corrected chi connectivity index (χ4v) is 5.34. The second-order valence-electron chi connectivity index (χ2n) is 7.18. The number of hydrogen-bond acceptors (Lipinski definition) is 10. The van der Waals surface area contributed by atoms with Gasteiger partial charge in [0.05, 0.1) is 22.7 Å². The van der Waals surface area contributed by atoms with Crippen molar-refractivity contribution < 1.29 is 18.1 Å². The maximum atomic E-state index is 13.6. The summed E-state index contributed by atoms with van der Waals surface area (Å²) in [5.41, 5.74) is 0.516. The molecule has 4 atom stereocenters. The Labute approximate surface area is 179 Å². The second kappa shape index (κ2) is 7.46. The van der Waals surface area contributed by atoms with Gasteiger partial charge in [-0.3, -0.25) is 4.52 Å². The lowest BCUT2D eigenvalue weighted by Crippen LogP contribution is -2.46. The van der Waals surface area contributed by atoms with E-state index in [2.05, 4.69) is 36.7 Å². The van der Waals surface area contributed by atoms with Crippen molar-refractivity contribution in [3.8, 4) is 17.2 Å². The smallest absolute Gasteiger partial charge is 0.446 e. The molecule has 1 aliphatic carbocycles. The van der Waals surface area contributed by atoms with Gasteiger partial charge in [0.15, 0.2) is 5.69 Å². The lowest BCUT2D eigenvalue weighted by molar-refractivity contribution is 0.304. The Balaban J connectivity index is 1.44. The van der Waals surface area contributed by atoms with E-state index in [9.17, 15) is 13.7 Å². The summed E-state index contributed by atoms with van der Waals surface area (Å²) in [6.07, 6.45) is 1.61. The van der Waals surface area contributed by atoms with Gasteiger partial charge in [-0.15, -0.1) is 9.44 Å². The van der Waals surface area contributed by atoms with E-state index in [1.807, 2.05) is 0 Å². The zero-order valence-corrected chi connectivity index (χ0v) is 17.6. The van der Waals surface area contributed by atoms with Crippen molar-refractivity contribution in [1.82, 2.24) is 24.3 Å². The molecule has 1 aromatic carbocycles. The van der Waals surface area contributed by atoms with Gasteiger partial charge in [0, 0.05) is 6.04 Å². The molecule has 2 fully saturated rings. The molecule has 3 heterocycles. The van der Waals surface area contributed by atoms with Crippen LogP contribution >= 0.6 is 15.9 Å². The van der Waals surface area contributed by atoms with Gasteiger partial charge in [0.1, 0.15) is 17.4 Å². The monoisotopic (exact) mass is 499 g/mol. The predicted octanol–water partition coefficient (Wildman–Crippen LogP) is 1.19. The Morgan fingerprint density at radius 2 is 2.17 bits per heavy atom. The Bertz CT molecular complexity index is 1150. The quantitative estimate of drug-likeness (QED) is 0.489. The zero-order chi connectivity index (χ0) is 21.0. The van der Waals surface area contributed by atoms with Crippen LogP contribution in [0.1, 0.15) is 12.8 Å². The molecule has 2 aromatic heterocycles. The predicted molar refractivity (Wildman–Crippen MR) is 106 cm³/mol. The lowest BCUT2D eigenvalue weighted by Gasteiger charge is -2.29. The van der Waals surface area contributed by atoms with Crippen LogP contribution in [0.25, 0.3) is 17.2 Å². The third-order valence-corrected chi connectivity index (χ3v) is 7.03. The summed E-state index contributed by atoms with van der Waals surface area (Å²) < 4.78 is 38.0. The van der Waals surface area contributed by atoms with Gasteiger partial charge >= 0.3 is 5.76 Å². The number of fused-ring (bicyclic) bond motifs is 2. The molecule has 158 valence electrons. The van der Waals surface area contributed by atoms with Crippen LogP contribution in [0.2, 0.25) is 0 Å². The molecule has 0 radical (unpaired) electrons. The molecule has 3 N–H and O–H groups in total. The van der Waals surface area contributed by atoms with Gasteiger partial charge in [0.25, 0.3) is 0 Å². The molecule has 30 heavy (non-hydrogen) atoms. The molecule has 11 nitrogen and oxygen atoms in total. The number of hydrogen-bond donors (Lipinski definition) is 2. The number of benzene rings is 1. The van der Waals surface area contributed by atoms with Crippen LogP contribution < -0.4 is 16.2 Å². The number of aromatic nitrogens is 4. The van der Waals surface area contributed by atoms with Crippen molar-refractivity contribution in [2.45, 2.75) is 24.9 Å². The second-order valence-corrected chi connectivity index (χ2v) is 9.06. The third-order valence-electron chi connectivity index (χ3n) is 5.51. The van der Waals surface area contributed by atoms with Gasteiger partial charge in [-0.05, 0) is 63.2 Å². The minimum atomic E-state index is -1.49. The molecule has 14 heteroatoms. The molecule has 1 aliphatic heterocycles. The molecule has 0 spiro atoms. The highest BCUT2D eigenvalue weighted by molar-refractivity contribution is 9.10. The van der Waals surface area contributed by atoms with Crippen LogP contribution in [0.15, 0.2) is 36.6 Å². The highest BCUT2D eigenvalue weighted by atomic mass is 79.9. The van der Waals surface area contributed by atoms with E-state index in [4.69, 9.17) is 14.3 Å². The first-order chi connectivity index (χ1) is 14.4. The van der Waals surface area contributed by atoms with E-state index in [1.165, 1.54) is 18.2 Å². The average Bonchev–Trinajstić information content (AvgIpc) is 3.47. The van der Waals surface area contributed by atoms with Crippen LogP contribution in [0.3, 0.4) is 0 Å². The first-order valence-corrected chi connectivity index (χ1v) is 10.9.